The molecule has 7 heteroatoms. The van der Waals surface area contributed by atoms with Crippen LogP contribution >= 0.6 is 11.3 Å². The van der Waals surface area contributed by atoms with Crippen molar-refractivity contribution in [1.29, 1.82) is 0 Å². The second-order valence-electron chi connectivity index (χ2n) is 6.07. The number of thiazole rings is 1. The molecule has 1 amide bonds. The molecular formula is C17H20N2O3S2. The van der Waals surface area contributed by atoms with Gasteiger partial charge in [-0.2, -0.15) is 0 Å². The molecule has 1 unspecified atom stereocenters. The number of aryl methyl sites for hydroxylation is 1. The molecule has 0 radical (unpaired) electrons. The van der Waals surface area contributed by atoms with Crippen LogP contribution in [-0.4, -0.2) is 48.8 Å². The number of rotatable bonds is 5. The van der Waals surface area contributed by atoms with E-state index in [-0.39, 0.29) is 23.5 Å². The molecule has 1 fully saturated rings. The van der Waals surface area contributed by atoms with E-state index in [9.17, 15) is 13.2 Å². The number of hydrogen-bond donors (Lipinski definition) is 0. The minimum atomic E-state index is -2.97. The summed E-state index contributed by atoms with van der Waals surface area (Å²) in [5.74, 6) is 0.248. The third-order valence-corrected chi connectivity index (χ3v) is 7.01. The number of benzene rings is 1. The molecule has 0 spiro atoms. The number of amides is 1. The lowest BCUT2D eigenvalue weighted by atomic mass is 10.2. The summed E-state index contributed by atoms with van der Waals surface area (Å²) >= 11 is 1.57. The molecule has 0 saturated carbocycles. The molecule has 2 aromatic rings. The van der Waals surface area contributed by atoms with Gasteiger partial charge >= 0.3 is 0 Å². The highest BCUT2D eigenvalue weighted by Gasteiger charge is 2.32. The summed E-state index contributed by atoms with van der Waals surface area (Å²) in [5, 5.41) is 2.93. The molecule has 128 valence electrons. The summed E-state index contributed by atoms with van der Waals surface area (Å²) in [6.07, 6.45) is 1.47. The van der Waals surface area contributed by atoms with E-state index in [2.05, 4.69) is 4.98 Å². The third-order valence-electron chi connectivity index (χ3n) is 4.32. The normalized spacial score (nSPS) is 19.3. The number of carbonyl (C=O) groups is 1. The van der Waals surface area contributed by atoms with E-state index in [0.29, 0.717) is 19.3 Å². The van der Waals surface area contributed by atoms with Crippen LogP contribution in [0.25, 0.3) is 10.6 Å². The summed E-state index contributed by atoms with van der Waals surface area (Å²) in [6, 6.07) is 9.77. The van der Waals surface area contributed by atoms with Gasteiger partial charge < -0.3 is 4.90 Å². The van der Waals surface area contributed by atoms with Crippen molar-refractivity contribution in [3.8, 4) is 10.6 Å². The van der Waals surface area contributed by atoms with Gasteiger partial charge in [-0.1, -0.05) is 30.3 Å². The Morgan fingerprint density at radius 2 is 2.08 bits per heavy atom. The molecule has 1 aliphatic rings. The highest BCUT2D eigenvalue weighted by Crippen LogP contribution is 2.24. The lowest BCUT2D eigenvalue weighted by Gasteiger charge is -2.23. The van der Waals surface area contributed by atoms with Gasteiger partial charge in [-0.3, -0.25) is 4.79 Å². The Morgan fingerprint density at radius 3 is 2.75 bits per heavy atom. The zero-order valence-electron chi connectivity index (χ0n) is 13.5. The standard InChI is InChI=1S/C17H20N2O3S2/c1-19(15-9-10-24(21,22)12-15)16(20)8-7-14-11-23-17(18-14)13-5-3-2-4-6-13/h2-6,11,15H,7-10,12H2,1H3. The van der Waals surface area contributed by atoms with Gasteiger partial charge in [0.1, 0.15) is 5.01 Å². The van der Waals surface area contributed by atoms with E-state index in [1.165, 1.54) is 0 Å². The number of hydrogen-bond acceptors (Lipinski definition) is 5. The van der Waals surface area contributed by atoms with Crippen molar-refractivity contribution >= 4 is 27.1 Å². The van der Waals surface area contributed by atoms with Crippen molar-refractivity contribution in [3.05, 3.63) is 41.4 Å². The predicted molar refractivity (Wildman–Crippen MR) is 95.7 cm³/mol. The molecule has 1 aliphatic heterocycles. The highest BCUT2D eigenvalue weighted by molar-refractivity contribution is 7.91. The van der Waals surface area contributed by atoms with E-state index < -0.39 is 9.84 Å². The van der Waals surface area contributed by atoms with Crippen molar-refractivity contribution in [1.82, 2.24) is 9.88 Å². The van der Waals surface area contributed by atoms with Gasteiger partial charge in [0, 0.05) is 30.5 Å². The average molecular weight is 364 g/mol. The van der Waals surface area contributed by atoms with Gasteiger partial charge in [0.2, 0.25) is 5.91 Å². The molecule has 1 aromatic carbocycles. The Morgan fingerprint density at radius 1 is 1.33 bits per heavy atom. The first-order chi connectivity index (χ1) is 11.4. The molecule has 5 nitrogen and oxygen atoms in total. The third kappa shape index (κ3) is 4.02. The van der Waals surface area contributed by atoms with Crippen molar-refractivity contribution < 1.29 is 13.2 Å². The fourth-order valence-corrected chi connectivity index (χ4v) is 5.47. The van der Waals surface area contributed by atoms with Gasteiger partial charge in [-0.05, 0) is 12.8 Å². The SMILES string of the molecule is CN(C(=O)CCc1csc(-c2ccccc2)n1)C1CCS(=O)(=O)C1. The maximum Gasteiger partial charge on any atom is 0.222 e. The number of sulfone groups is 1. The lowest BCUT2D eigenvalue weighted by Crippen LogP contribution is -2.37. The summed E-state index contributed by atoms with van der Waals surface area (Å²) < 4.78 is 23.1. The lowest BCUT2D eigenvalue weighted by molar-refractivity contribution is -0.131. The van der Waals surface area contributed by atoms with Crippen LogP contribution < -0.4 is 0 Å². The van der Waals surface area contributed by atoms with Crippen LogP contribution in [0, 0.1) is 0 Å². The average Bonchev–Trinajstić information content (AvgIpc) is 3.19. The highest BCUT2D eigenvalue weighted by atomic mass is 32.2. The van der Waals surface area contributed by atoms with Gasteiger partial charge in [0.15, 0.2) is 9.84 Å². The molecule has 1 saturated heterocycles. The Hall–Kier alpha value is -1.73. The van der Waals surface area contributed by atoms with Crippen LogP contribution in [0.15, 0.2) is 35.7 Å². The monoisotopic (exact) mass is 364 g/mol. The zero-order valence-corrected chi connectivity index (χ0v) is 15.1. The molecule has 2 heterocycles. The second-order valence-corrected chi connectivity index (χ2v) is 9.16. The predicted octanol–water partition coefficient (Wildman–Crippen LogP) is 2.39. The van der Waals surface area contributed by atoms with E-state index in [0.717, 1.165) is 16.3 Å². The minimum Gasteiger partial charge on any atom is -0.342 e. The summed E-state index contributed by atoms with van der Waals surface area (Å²) in [4.78, 5) is 18.5. The summed E-state index contributed by atoms with van der Waals surface area (Å²) in [6.45, 7) is 0. The van der Waals surface area contributed by atoms with E-state index in [1.807, 2.05) is 35.7 Å². The summed E-state index contributed by atoms with van der Waals surface area (Å²) in [5.41, 5.74) is 1.98. The fraction of sp³-hybridized carbons (Fsp3) is 0.412. The molecule has 1 aromatic heterocycles. The van der Waals surface area contributed by atoms with Crippen molar-refractivity contribution in [2.75, 3.05) is 18.6 Å². The number of carbonyl (C=O) groups excluding carboxylic acids is 1. The van der Waals surface area contributed by atoms with E-state index in [4.69, 9.17) is 0 Å². The molecule has 1 atom stereocenters. The largest absolute Gasteiger partial charge is 0.342 e. The summed E-state index contributed by atoms with van der Waals surface area (Å²) in [7, 11) is -1.27. The molecule has 3 rings (SSSR count). The maximum absolute atomic E-state index is 12.3. The van der Waals surface area contributed by atoms with Gasteiger partial charge in [0.05, 0.1) is 17.2 Å². The Labute approximate surface area is 146 Å². The van der Waals surface area contributed by atoms with E-state index >= 15 is 0 Å². The fourth-order valence-electron chi connectivity index (χ4n) is 2.83. The van der Waals surface area contributed by atoms with Gasteiger partial charge in [-0.15, -0.1) is 11.3 Å². The number of nitrogens with zero attached hydrogens (tertiary/aromatic N) is 2. The first-order valence-corrected chi connectivity index (χ1v) is 10.6. The van der Waals surface area contributed by atoms with Crippen LogP contribution in [-0.2, 0) is 21.1 Å². The maximum atomic E-state index is 12.3. The zero-order chi connectivity index (χ0) is 17.2. The Balaban J connectivity index is 1.56. The molecule has 0 N–H and O–H groups in total. The quantitative estimate of drug-likeness (QED) is 0.817. The molecule has 0 aliphatic carbocycles. The Kier molecular flexibility index (Phi) is 5.01. The van der Waals surface area contributed by atoms with Crippen LogP contribution in [0.4, 0.5) is 0 Å². The first-order valence-electron chi connectivity index (χ1n) is 7.90. The topological polar surface area (TPSA) is 67.3 Å². The first kappa shape index (κ1) is 17.1. The van der Waals surface area contributed by atoms with Crippen molar-refractivity contribution in [3.63, 3.8) is 0 Å². The van der Waals surface area contributed by atoms with E-state index in [1.54, 1.807) is 23.3 Å². The number of aromatic nitrogens is 1. The minimum absolute atomic E-state index is 0.0219. The van der Waals surface area contributed by atoms with Crippen molar-refractivity contribution in [2.24, 2.45) is 0 Å². The molecule has 24 heavy (non-hydrogen) atoms. The van der Waals surface area contributed by atoms with Gasteiger partial charge in [0.25, 0.3) is 0 Å². The van der Waals surface area contributed by atoms with Crippen LogP contribution in [0.1, 0.15) is 18.5 Å². The van der Waals surface area contributed by atoms with Crippen LogP contribution in [0.3, 0.4) is 0 Å². The molecule has 0 bridgehead atoms. The molecular weight excluding hydrogens is 344 g/mol. The van der Waals surface area contributed by atoms with Crippen molar-refractivity contribution in [2.45, 2.75) is 25.3 Å². The van der Waals surface area contributed by atoms with Gasteiger partial charge in [-0.25, -0.2) is 13.4 Å². The smallest absolute Gasteiger partial charge is 0.222 e. The Bertz CT molecular complexity index is 815. The van der Waals surface area contributed by atoms with Crippen LogP contribution in [0.2, 0.25) is 0 Å². The van der Waals surface area contributed by atoms with Crippen LogP contribution in [0.5, 0.6) is 0 Å². The second kappa shape index (κ2) is 7.03.